The van der Waals surface area contributed by atoms with Crippen LogP contribution in [0.1, 0.15) is 31.4 Å². The zero-order valence-electron chi connectivity index (χ0n) is 14.9. The molecule has 1 heterocycles. The van der Waals surface area contributed by atoms with E-state index in [-0.39, 0.29) is 17.7 Å². The number of nitrogens with zero attached hydrogens (tertiary/aromatic N) is 4. The molecule has 0 saturated carbocycles. The van der Waals surface area contributed by atoms with Crippen molar-refractivity contribution in [3.05, 3.63) is 65.2 Å². The number of tetrazole rings is 1. The molecule has 27 heavy (non-hydrogen) atoms. The van der Waals surface area contributed by atoms with E-state index in [1.54, 1.807) is 16.8 Å². The minimum atomic E-state index is -0.0528. The van der Waals surface area contributed by atoms with Gasteiger partial charge in [0.05, 0.1) is 17.5 Å². The van der Waals surface area contributed by atoms with Crippen molar-refractivity contribution >= 4 is 29.3 Å². The second-order valence-electron chi connectivity index (χ2n) is 5.96. The number of nitrogens with one attached hydrogen (secondary N) is 1. The summed E-state index contributed by atoms with van der Waals surface area (Å²) < 4.78 is 1.57. The summed E-state index contributed by atoms with van der Waals surface area (Å²) in [7, 11) is 0. The Morgan fingerprint density at radius 3 is 2.78 bits per heavy atom. The fourth-order valence-corrected chi connectivity index (χ4v) is 3.59. The van der Waals surface area contributed by atoms with E-state index >= 15 is 0 Å². The first-order valence-corrected chi connectivity index (χ1v) is 10.0. The predicted octanol–water partition coefficient (Wildman–Crippen LogP) is 4.07. The van der Waals surface area contributed by atoms with Gasteiger partial charge in [0.15, 0.2) is 0 Å². The fraction of sp³-hybridized carbons (Fsp3) is 0.263. The highest BCUT2D eigenvalue weighted by molar-refractivity contribution is 7.99. The van der Waals surface area contributed by atoms with Crippen LogP contribution in [0.5, 0.6) is 0 Å². The summed E-state index contributed by atoms with van der Waals surface area (Å²) in [4.78, 5) is 12.5. The summed E-state index contributed by atoms with van der Waals surface area (Å²) >= 11 is 7.32. The Hall–Kier alpha value is -2.38. The number of thioether (sulfide) groups is 1. The van der Waals surface area contributed by atoms with Crippen molar-refractivity contribution in [2.24, 2.45) is 0 Å². The van der Waals surface area contributed by atoms with Crippen LogP contribution in [0, 0.1) is 0 Å². The molecule has 0 saturated heterocycles. The Morgan fingerprint density at radius 1 is 1.22 bits per heavy atom. The van der Waals surface area contributed by atoms with E-state index in [4.69, 9.17) is 11.6 Å². The second kappa shape index (κ2) is 9.53. The molecule has 0 aliphatic carbocycles. The highest BCUT2D eigenvalue weighted by Crippen LogP contribution is 2.22. The lowest BCUT2D eigenvalue weighted by molar-refractivity contribution is -0.119. The average molecular weight is 402 g/mol. The van der Waals surface area contributed by atoms with Gasteiger partial charge in [-0.25, -0.2) is 0 Å². The Morgan fingerprint density at radius 2 is 2.04 bits per heavy atom. The SMILES string of the molecule is CCC[C@H](NC(=O)CSc1nnnn1-c1cccc(Cl)c1)c1ccccc1. The topological polar surface area (TPSA) is 72.7 Å². The molecule has 0 bridgehead atoms. The fourth-order valence-electron chi connectivity index (χ4n) is 2.70. The minimum absolute atomic E-state index is 0.00762. The predicted molar refractivity (Wildman–Crippen MR) is 107 cm³/mol. The van der Waals surface area contributed by atoms with Crippen LogP contribution in [0.2, 0.25) is 5.02 Å². The van der Waals surface area contributed by atoms with Gasteiger partial charge in [-0.2, -0.15) is 4.68 Å². The van der Waals surface area contributed by atoms with Crippen molar-refractivity contribution in [3.8, 4) is 5.69 Å². The molecular formula is C19H20ClN5OS. The van der Waals surface area contributed by atoms with Crippen LogP contribution in [0.4, 0.5) is 0 Å². The van der Waals surface area contributed by atoms with Gasteiger partial charge in [0.2, 0.25) is 11.1 Å². The number of hydrogen-bond donors (Lipinski definition) is 1. The first-order chi connectivity index (χ1) is 13.2. The van der Waals surface area contributed by atoms with E-state index in [1.165, 1.54) is 11.8 Å². The normalized spacial score (nSPS) is 11.9. The molecule has 140 valence electrons. The molecule has 3 aromatic rings. The summed E-state index contributed by atoms with van der Waals surface area (Å²) in [5, 5.41) is 16.0. The highest BCUT2D eigenvalue weighted by Gasteiger charge is 2.16. The largest absolute Gasteiger partial charge is 0.349 e. The number of amides is 1. The lowest BCUT2D eigenvalue weighted by Gasteiger charge is -2.18. The molecule has 0 aliphatic rings. The van der Waals surface area contributed by atoms with Crippen LogP contribution >= 0.6 is 23.4 Å². The van der Waals surface area contributed by atoms with E-state index in [9.17, 15) is 4.79 Å². The molecule has 2 aromatic carbocycles. The maximum atomic E-state index is 12.5. The molecule has 3 rings (SSSR count). The molecule has 0 aliphatic heterocycles. The molecule has 1 amide bonds. The number of rotatable bonds is 8. The third-order valence-electron chi connectivity index (χ3n) is 3.94. The number of halogens is 1. The third-order valence-corrected chi connectivity index (χ3v) is 5.09. The second-order valence-corrected chi connectivity index (χ2v) is 7.34. The molecular weight excluding hydrogens is 382 g/mol. The Kier molecular flexibility index (Phi) is 6.84. The van der Waals surface area contributed by atoms with Gasteiger partial charge in [0, 0.05) is 5.02 Å². The van der Waals surface area contributed by atoms with Gasteiger partial charge >= 0.3 is 0 Å². The lowest BCUT2D eigenvalue weighted by atomic mass is 10.0. The number of benzene rings is 2. The van der Waals surface area contributed by atoms with Gasteiger partial charge in [0.25, 0.3) is 0 Å². The van der Waals surface area contributed by atoms with Gasteiger partial charge in [-0.3, -0.25) is 4.79 Å². The molecule has 1 aromatic heterocycles. The van der Waals surface area contributed by atoms with Gasteiger partial charge in [-0.15, -0.1) is 5.10 Å². The van der Waals surface area contributed by atoms with Gasteiger partial charge in [-0.05, 0) is 40.6 Å². The zero-order chi connectivity index (χ0) is 19.1. The van der Waals surface area contributed by atoms with E-state index in [0.717, 1.165) is 24.1 Å². The van der Waals surface area contributed by atoms with Crippen LogP contribution in [0.15, 0.2) is 59.8 Å². The highest BCUT2D eigenvalue weighted by atomic mass is 35.5. The smallest absolute Gasteiger partial charge is 0.230 e. The minimum Gasteiger partial charge on any atom is -0.349 e. The van der Waals surface area contributed by atoms with Crippen molar-refractivity contribution in [1.82, 2.24) is 25.5 Å². The Labute approximate surface area is 167 Å². The number of carbonyl (C=O) groups is 1. The quantitative estimate of drug-likeness (QED) is 0.576. The number of carbonyl (C=O) groups excluding carboxylic acids is 1. The molecule has 0 spiro atoms. The van der Waals surface area contributed by atoms with Crippen molar-refractivity contribution in [2.75, 3.05) is 5.75 Å². The number of hydrogen-bond acceptors (Lipinski definition) is 5. The Bertz CT molecular complexity index is 887. The van der Waals surface area contributed by atoms with E-state index in [1.807, 2.05) is 42.5 Å². The average Bonchev–Trinajstić information content (AvgIpc) is 3.15. The molecule has 0 radical (unpaired) electrons. The van der Waals surface area contributed by atoms with Gasteiger partial charge in [0.1, 0.15) is 0 Å². The summed E-state index contributed by atoms with van der Waals surface area (Å²) in [5.74, 6) is 0.177. The summed E-state index contributed by atoms with van der Waals surface area (Å²) in [6, 6.07) is 17.3. The first kappa shape index (κ1) is 19.4. The summed E-state index contributed by atoms with van der Waals surface area (Å²) in [5.41, 5.74) is 1.87. The van der Waals surface area contributed by atoms with Crippen molar-refractivity contribution in [3.63, 3.8) is 0 Å². The van der Waals surface area contributed by atoms with Crippen LogP contribution in [0.25, 0.3) is 5.69 Å². The van der Waals surface area contributed by atoms with Gasteiger partial charge in [-0.1, -0.05) is 73.1 Å². The van der Waals surface area contributed by atoms with E-state index < -0.39 is 0 Å². The zero-order valence-corrected chi connectivity index (χ0v) is 16.5. The van der Waals surface area contributed by atoms with Crippen molar-refractivity contribution in [1.29, 1.82) is 0 Å². The van der Waals surface area contributed by atoms with Crippen LogP contribution < -0.4 is 5.32 Å². The first-order valence-electron chi connectivity index (χ1n) is 8.69. The van der Waals surface area contributed by atoms with E-state index in [0.29, 0.717) is 10.2 Å². The van der Waals surface area contributed by atoms with E-state index in [2.05, 4.69) is 27.8 Å². The molecule has 0 unspecified atom stereocenters. The molecule has 1 atom stereocenters. The molecule has 1 N–H and O–H groups in total. The maximum absolute atomic E-state index is 12.5. The molecule has 8 heteroatoms. The van der Waals surface area contributed by atoms with Crippen LogP contribution in [-0.2, 0) is 4.79 Å². The molecule has 6 nitrogen and oxygen atoms in total. The standard InChI is InChI=1S/C19H20ClN5OS/c1-2-7-17(14-8-4-3-5-9-14)21-18(26)13-27-19-22-23-24-25(19)16-11-6-10-15(20)12-16/h3-6,8-12,17H,2,7,13H2,1H3,(H,21,26)/t17-/m0/s1. The van der Waals surface area contributed by atoms with Crippen molar-refractivity contribution in [2.45, 2.75) is 31.0 Å². The number of aromatic nitrogens is 4. The lowest BCUT2D eigenvalue weighted by Crippen LogP contribution is -2.30. The summed E-state index contributed by atoms with van der Waals surface area (Å²) in [6.07, 6.45) is 1.88. The monoisotopic (exact) mass is 401 g/mol. The van der Waals surface area contributed by atoms with Gasteiger partial charge < -0.3 is 5.32 Å². The Balaban J connectivity index is 1.63. The van der Waals surface area contributed by atoms with Crippen molar-refractivity contribution < 1.29 is 4.79 Å². The summed E-state index contributed by atoms with van der Waals surface area (Å²) in [6.45, 7) is 2.11. The van der Waals surface area contributed by atoms with Crippen LogP contribution in [0.3, 0.4) is 0 Å². The van der Waals surface area contributed by atoms with Crippen LogP contribution in [-0.4, -0.2) is 31.9 Å². The molecule has 0 fully saturated rings. The third kappa shape index (κ3) is 5.30. The maximum Gasteiger partial charge on any atom is 0.230 e.